The van der Waals surface area contributed by atoms with Crippen molar-refractivity contribution in [2.45, 2.75) is 19.3 Å². The van der Waals surface area contributed by atoms with Crippen molar-refractivity contribution in [2.24, 2.45) is 0 Å². The summed E-state index contributed by atoms with van der Waals surface area (Å²) in [5.74, 6) is 0.370. The van der Waals surface area contributed by atoms with Crippen molar-refractivity contribution in [3.8, 4) is 5.75 Å². The summed E-state index contributed by atoms with van der Waals surface area (Å²) in [6, 6.07) is 10.4. The molecule has 0 bridgehead atoms. The van der Waals surface area contributed by atoms with Crippen LogP contribution in [0.25, 0.3) is 0 Å². The zero-order valence-corrected chi connectivity index (χ0v) is 15.0. The van der Waals surface area contributed by atoms with Gasteiger partial charge in [-0.2, -0.15) is 0 Å². The van der Waals surface area contributed by atoms with E-state index in [1.54, 1.807) is 42.6 Å². The highest BCUT2D eigenvalue weighted by molar-refractivity contribution is 6.29. The first-order valence-electron chi connectivity index (χ1n) is 8.51. The first kappa shape index (κ1) is 18.2. The molecule has 1 aromatic carbocycles. The molecule has 7 heteroatoms. The average Bonchev–Trinajstić information content (AvgIpc) is 3.17. The molecule has 1 aliphatic heterocycles. The number of pyridine rings is 1. The molecule has 0 radical (unpaired) electrons. The van der Waals surface area contributed by atoms with Gasteiger partial charge in [-0.3, -0.25) is 9.59 Å². The SMILES string of the molecule is O=C(Cc1ccc(Cl)nc1)Nc1cccc(OCC(=O)N2CCCC2)c1. The monoisotopic (exact) mass is 373 g/mol. The number of rotatable bonds is 6. The number of likely N-dealkylation sites (tertiary alicyclic amines) is 1. The first-order valence-corrected chi connectivity index (χ1v) is 8.89. The van der Waals surface area contributed by atoms with Gasteiger partial charge in [-0.1, -0.05) is 23.7 Å². The molecule has 0 atom stereocenters. The Morgan fingerprint density at radius 3 is 2.73 bits per heavy atom. The summed E-state index contributed by atoms with van der Waals surface area (Å²) in [7, 11) is 0. The maximum Gasteiger partial charge on any atom is 0.260 e. The van der Waals surface area contributed by atoms with E-state index in [1.807, 2.05) is 4.90 Å². The van der Waals surface area contributed by atoms with E-state index in [-0.39, 0.29) is 24.8 Å². The molecule has 1 aliphatic rings. The zero-order chi connectivity index (χ0) is 18.4. The third-order valence-electron chi connectivity index (χ3n) is 4.09. The number of anilines is 1. The van der Waals surface area contributed by atoms with Crippen LogP contribution < -0.4 is 10.1 Å². The van der Waals surface area contributed by atoms with E-state index in [4.69, 9.17) is 16.3 Å². The minimum Gasteiger partial charge on any atom is -0.484 e. The topological polar surface area (TPSA) is 71.5 Å². The van der Waals surface area contributed by atoms with Gasteiger partial charge in [-0.15, -0.1) is 0 Å². The number of hydrogen-bond acceptors (Lipinski definition) is 4. The lowest BCUT2D eigenvalue weighted by Crippen LogP contribution is -2.32. The minimum atomic E-state index is -0.167. The van der Waals surface area contributed by atoms with Crippen LogP contribution in [0, 0.1) is 0 Å². The van der Waals surface area contributed by atoms with Gasteiger partial charge in [-0.25, -0.2) is 4.98 Å². The largest absolute Gasteiger partial charge is 0.484 e. The first-order chi connectivity index (χ1) is 12.6. The van der Waals surface area contributed by atoms with Crippen LogP contribution >= 0.6 is 11.6 Å². The Morgan fingerprint density at radius 1 is 1.19 bits per heavy atom. The molecule has 26 heavy (non-hydrogen) atoms. The van der Waals surface area contributed by atoms with Crippen molar-refractivity contribution in [1.82, 2.24) is 9.88 Å². The quantitative estimate of drug-likeness (QED) is 0.790. The molecule has 136 valence electrons. The van der Waals surface area contributed by atoms with Crippen LogP contribution in [0.5, 0.6) is 5.75 Å². The van der Waals surface area contributed by atoms with E-state index in [9.17, 15) is 9.59 Å². The van der Waals surface area contributed by atoms with Crippen LogP contribution in [-0.2, 0) is 16.0 Å². The van der Waals surface area contributed by atoms with Gasteiger partial charge in [0, 0.05) is 31.0 Å². The normalized spacial score (nSPS) is 13.5. The molecule has 0 saturated carbocycles. The minimum absolute atomic E-state index is 0.00724. The molecule has 1 saturated heterocycles. The highest BCUT2D eigenvalue weighted by Crippen LogP contribution is 2.18. The standard InChI is InChI=1S/C19H20ClN3O3/c20-17-7-6-14(12-21-17)10-18(24)22-15-4-3-5-16(11-15)26-13-19(25)23-8-1-2-9-23/h3-7,11-12H,1-2,8-10,13H2,(H,22,24). The Kier molecular flexibility index (Phi) is 6.07. The molecule has 2 heterocycles. The molecular weight excluding hydrogens is 354 g/mol. The maximum atomic E-state index is 12.1. The van der Waals surface area contributed by atoms with Crippen LogP contribution in [-0.4, -0.2) is 41.4 Å². The average molecular weight is 374 g/mol. The molecule has 0 spiro atoms. The number of nitrogens with one attached hydrogen (secondary N) is 1. The fraction of sp³-hybridized carbons (Fsp3) is 0.316. The number of halogens is 1. The molecule has 0 unspecified atom stereocenters. The number of hydrogen-bond donors (Lipinski definition) is 1. The van der Waals surface area contributed by atoms with Crippen LogP contribution in [0.15, 0.2) is 42.6 Å². The predicted octanol–water partition coefficient (Wildman–Crippen LogP) is 2.92. The van der Waals surface area contributed by atoms with Crippen molar-refractivity contribution in [3.05, 3.63) is 53.3 Å². The van der Waals surface area contributed by atoms with E-state index in [2.05, 4.69) is 10.3 Å². The second-order valence-corrected chi connectivity index (χ2v) is 6.51. The summed E-state index contributed by atoms with van der Waals surface area (Å²) < 4.78 is 5.57. The number of ether oxygens (including phenoxy) is 1. The fourth-order valence-corrected chi connectivity index (χ4v) is 2.88. The number of nitrogens with zero attached hydrogens (tertiary/aromatic N) is 2. The lowest BCUT2D eigenvalue weighted by atomic mass is 10.2. The third kappa shape index (κ3) is 5.20. The highest BCUT2D eigenvalue weighted by Gasteiger charge is 2.18. The summed E-state index contributed by atoms with van der Waals surface area (Å²) in [5.41, 5.74) is 1.39. The second kappa shape index (κ2) is 8.67. The molecule has 3 rings (SSSR count). The van der Waals surface area contributed by atoms with Crippen molar-refractivity contribution in [3.63, 3.8) is 0 Å². The Labute approximate surface area is 157 Å². The van der Waals surface area contributed by atoms with Gasteiger partial charge in [0.2, 0.25) is 5.91 Å². The van der Waals surface area contributed by atoms with Crippen molar-refractivity contribution in [1.29, 1.82) is 0 Å². The Hall–Kier alpha value is -2.60. The van der Waals surface area contributed by atoms with Gasteiger partial charge in [-0.05, 0) is 36.6 Å². The third-order valence-corrected chi connectivity index (χ3v) is 4.32. The molecule has 1 aromatic heterocycles. The molecule has 6 nitrogen and oxygen atoms in total. The van der Waals surface area contributed by atoms with Crippen LogP contribution in [0.3, 0.4) is 0 Å². The van der Waals surface area contributed by atoms with E-state index in [0.29, 0.717) is 16.6 Å². The van der Waals surface area contributed by atoms with E-state index in [1.165, 1.54) is 0 Å². The Balaban J connectivity index is 1.52. The number of carbonyl (C=O) groups excluding carboxylic acids is 2. The van der Waals surface area contributed by atoms with Gasteiger partial charge >= 0.3 is 0 Å². The predicted molar refractivity (Wildman–Crippen MR) is 99.3 cm³/mol. The van der Waals surface area contributed by atoms with Crippen LogP contribution in [0.1, 0.15) is 18.4 Å². The van der Waals surface area contributed by atoms with Crippen molar-refractivity contribution >= 4 is 29.1 Å². The van der Waals surface area contributed by atoms with Crippen molar-refractivity contribution < 1.29 is 14.3 Å². The summed E-state index contributed by atoms with van der Waals surface area (Å²) in [5, 5.41) is 3.20. The van der Waals surface area contributed by atoms with Gasteiger partial charge < -0.3 is 15.0 Å². The van der Waals surface area contributed by atoms with E-state index >= 15 is 0 Å². The van der Waals surface area contributed by atoms with Gasteiger partial charge in [0.1, 0.15) is 10.9 Å². The summed E-state index contributed by atoms with van der Waals surface area (Å²) in [6.45, 7) is 1.61. The Morgan fingerprint density at radius 2 is 2.00 bits per heavy atom. The number of amides is 2. The smallest absolute Gasteiger partial charge is 0.260 e. The second-order valence-electron chi connectivity index (χ2n) is 6.12. The van der Waals surface area contributed by atoms with Gasteiger partial charge in [0.25, 0.3) is 5.91 Å². The fourth-order valence-electron chi connectivity index (χ4n) is 2.77. The summed E-state index contributed by atoms with van der Waals surface area (Å²) in [6.07, 6.45) is 3.88. The number of aromatic nitrogens is 1. The van der Waals surface area contributed by atoms with E-state index in [0.717, 1.165) is 31.5 Å². The number of benzene rings is 1. The lowest BCUT2D eigenvalue weighted by molar-refractivity contribution is -0.132. The molecule has 0 aliphatic carbocycles. The van der Waals surface area contributed by atoms with Crippen molar-refractivity contribution in [2.75, 3.05) is 25.0 Å². The lowest BCUT2D eigenvalue weighted by Gasteiger charge is -2.15. The molecule has 2 aromatic rings. The molecular formula is C19H20ClN3O3. The summed E-state index contributed by atoms with van der Waals surface area (Å²) >= 11 is 5.74. The highest BCUT2D eigenvalue weighted by atomic mass is 35.5. The molecule has 1 fully saturated rings. The van der Waals surface area contributed by atoms with Gasteiger partial charge in [0.15, 0.2) is 6.61 Å². The number of carbonyl (C=O) groups is 2. The Bertz CT molecular complexity index is 774. The molecule has 1 N–H and O–H groups in total. The summed E-state index contributed by atoms with van der Waals surface area (Å²) in [4.78, 5) is 29.9. The van der Waals surface area contributed by atoms with Crippen LogP contribution in [0.4, 0.5) is 5.69 Å². The molecule has 2 amide bonds. The maximum absolute atomic E-state index is 12.1. The van der Waals surface area contributed by atoms with Crippen LogP contribution in [0.2, 0.25) is 5.15 Å². The van der Waals surface area contributed by atoms with E-state index < -0.39 is 0 Å². The zero-order valence-electron chi connectivity index (χ0n) is 14.3. The van der Waals surface area contributed by atoms with Gasteiger partial charge in [0.05, 0.1) is 6.42 Å².